The molecule has 1 aromatic carbocycles. The predicted molar refractivity (Wildman–Crippen MR) is 81.5 cm³/mol. The number of hydrogen-bond acceptors (Lipinski definition) is 3. The van der Waals surface area contributed by atoms with Gasteiger partial charge in [-0.15, -0.1) is 0 Å². The van der Waals surface area contributed by atoms with Crippen molar-refractivity contribution in [3.05, 3.63) is 59.0 Å². The van der Waals surface area contributed by atoms with E-state index in [9.17, 15) is 4.79 Å². The van der Waals surface area contributed by atoms with Crippen LogP contribution in [0.25, 0.3) is 0 Å². The normalized spacial score (nSPS) is 12.3. The summed E-state index contributed by atoms with van der Waals surface area (Å²) in [5, 5.41) is 12.3. The van der Waals surface area contributed by atoms with Gasteiger partial charge in [-0.2, -0.15) is 0 Å². The molecular formula is C17H21NO3. The summed E-state index contributed by atoms with van der Waals surface area (Å²) in [6.45, 7) is 4.41. The molecule has 1 atom stereocenters. The first-order chi connectivity index (χ1) is 10.1. The summed E-state index contributed by atoms with van der Waals surface area (Å²) < 4.78 is 5.33. The SMILES string of the molecule is Cc1cc(CNC(C)CCc2ccccc2)oc1C(=O)O. The molecule has 0 fully saturated rings. The number of nitrogens with one attached hydrogen (secondary N) is 1. The zero-order valence-corrected chi connectivity index (χ0v) is 12.4. The van der Waals surface area contributed by atoms with E-state index >= 15 is 0 Å². The van der Waals surface area contributed by atoms with Crippen molar-refractivity contribution < 1.29 is 14.3 Å². The van der Waals surface area contributed by atoms with Crippen molar-refractivity contribution in [2.24, 2.45) is 0 Å². The van der Waals surface area contributed by atoms with Crippen LogP contribution in [0.5, 0.6) is 0 Å². The highest BCUT2D eigenvalue weighted by Gasteiger charge is 2.14. The number of furan rings is 1. The lowest BCUT2D eigenvalue weighted by Gasteiger charge is -2.12. The van der Waals surface area contributed by atoms with E-state index in [0.29, 0.717) is 23.9 Å². The van der Waals surface area contributed by atoms with E-state index < -0.39 is 5.97 Å². The molecule has 0 spiro atoms. The second kappa shape index (κ2) is 7.09. The molecule has 0 saturated carbocycles. The lowest BCUT2D eigenvalue weighted by Crippen LogP contribution is -2.25. The zero-order chi connectivity index (χ0) is 15.2. The van der Waals surface area contributed by atoms with E-state index in [2.05, 4.69) is 24.4 Å². The van der Waals surface area contributed by atoms with Crippen LogP contribution in [0, 0.1) is 6.92 Å². The zero-order valence-electron chi connectivity index (χ0n) is 12.4. The molecule has 0 radical (unpaired) electrons. The molecule has 2 aromatic rings. The third-order valence-electron chi connectivity index (χ3n) is 3.50. The van der Waals surface area contributed by atoms with Gasteiger partial charge in [-0.25, -0.2) is 4.79 Å². The van der Waals surface area contributed by atoms with Gasteiger partial charge in [0.2, 0.25) is 5.76 Å². The predicted octanol–water partition coefficient (Wildman–Crippen LogP) is 3.40. The molecule has 0 aliphatic heterocycles. The molecule has 0 aliphatic carbocycles. The highest BCUT2D eigenvalue weighted by atomic mass is 16.4. The van der Waals surface area contributed by atoms with Crippen LogP contribution >= 0.6 is 0 Å². The first kappa shape index (κ1) is 15.3. The van der Waals surface area contributed by atoms with E-state index in [1.54, 1.807) is 13.0 Å². The van der Waals surface area contributed by atoms with E-state index in [0.717, 1.165) is 12.8 Å². The molecular weight excluding hydrogens is 266 g/mol. The third-order valence-corrected chi connectivity index (χ3v) is 3.50. The maximum absolute atomic E-state index is 10.9. The van der Waals surface area contributed by atoms with E-state index in [1.807, 2.05) is 18.2 Å². The van der Waals surface area contributed by atoms with E-state index in [1.165, 1.54) is 5.56 Å². The van der Waals surface area contributed by atoms with Crippen LogP contribution in [0.3, 0.4) is 0 Å². The van der Waals surface area contributed by atoms with Gasteiger partial charge < -0.3 is 14.8 Å². The molecule has 0 bridgehead atoms. The lowest BCUT2D eigenvalue weighted by atomic mass is 10.1. The van der Waals surface area contributed by atoms with Gasteiger partial charge in [0, 0.05) is 11.6 Å². The van der Waals surface area contributed by atoms with Gasteiger partial charge in [-0.05, 0) is 38.3 Å². The first-order valence-corrected chi connectivity index (χ1v) is 7.16. The van der Waals surface area contributed by atoms with Crippen LogP contribution < -0.4 is 5.32 Å². The molecule has 1 aromatic heterocycles. The molecule has 4 heteroatoms. The maximum atomic E-state index is 10.9. The number of aryl methyl sites for hydroxylation is 2. The van der Waals surface area contributed by atoms with Crippen molar-refractivity contribution in [3.63, 3.8) is 0 Å². The van der Waals surface area contributed by atoms with Crippen molar-refractivity contribution in [3.8, 4) is 0 Å². The smallest absolute Gasteiger partial charge is 0.372 e. The fourth-order valence-electron chi connectivity index (χ4n) is 2.25. The van der Waals surface area contributed by atoms with Crippen molar-refractivity contribution in [1.82, 2.24) is 5.32 Å². The average Bonchev–Trinajstić information content (AvgIpc) is 2.85. The molecule has 2 N–H and O–H groups in total. The number of aromatic carboxylic acids is 1. The van der Waals surface area contributed by atoms with Gasteiger partial charge in [0.1, 0.15) is 5.76 Å². The fraction of sp³-hybridized carbons (Fsp3) is 0.353. The van der Waals surface area contributed by atoms with Crippen LogP contribution in [0.15, 0.2) is 40.8 Å². The first-order valence-electron chi connectivity index (χ1n) is 7.16. The molecule has 4 nitrogen and oxygen atoms in total. The second-order valence-corrected chi connectivity index (χ2v) is 5.34. The molecule has 1 unspecified atom stereocenters. The highest BCUT2D eigenvalue weighted by Crippen LogP contribution is 2.15. The highest BCUT2D eigenvalue weighted by molar-refractivity contribution is 5.86. The Morgan fingerprint density at radius 1 is 1.33 bits per heavy atom. The van der Waals surface area contributed by atoms with Gasteiger partial charge in [-0.1, -0.05) is 30.3 Å². The van der Waals surface area contributed by atoms with Crippen LogP contribution in [-0.2, 0) is 13.0 Å². The quantitative estimate of drug-likeness (QED) is 0.819. The molecule has 0 aliphatic rings. The number of rotatable bonds is 7. The Kier molecular flexibility index (Phi) is 5.17. The largest absolute Gasteiger partial charge is 0.475 e. The fourth-order valence-corrected chi connectivity index (χ4v) is 2.25. The topological polar surface area (TPSA) is 62.5 Å². The molecule has 1 heterocycles. The van der Waals surface area contributed by atoms with Crippen LogP contribution in [0.4, 0.5) is 0 Å². The van der Waals surface area contributed by atoms with Crippen molar-refractivity contribution in [2.75, 3.05) is 0 Å². The second-order valence-electron chi connectivity index (χ2n) is 5.34. The van der Waals surface area contributed by atoms with Gasteiger partial charge in [-0.3, -0.25) is 0 Å². The van der Waals surface area contributed by atoms with Gasteiger partial charge in [0.25, 0.3) is 0 Å². The van der Waals surface area contributed by atoms with E-state index in [-0.39, 0.29) is 5.76 Å². The minimum atomic E-state index is -1.02. The van der Waals surface area contributed by atoms with Crippen LogP contribution in [0.1, 0.15) is 40.8 Å². The minimum Gasteiger partial charge on any atom is -0.475 e. The van der Waals surface area contributed by atoms with Crippen molar-refractivity contribution >= 4 is 5.97 Å². The summed E-state index contributed by atoms with van der Waals surface area (Å²) in [7, 11) is 0. The van der Waals surface area contributed by atoms with Gasteiger partial charge in [0.15, 0.2) is 0 Å². The summed E-state index contributed by atoms with van der Waals surface area (Å²) in [5.41, 5.74) is 1.99. The summed E-state index contributed by atoms with van der Waals surface area (Å²) in [5.74, 6) is -0.323. The molecule has 0 saturated heterocycles. The molecule has 0 amide bonds. The summed E-state index contributed by atoms with van der Waals surface area (Å²) in [4.78, 5) is 10.9. The Labute approximate surface area is 124 Å². The summed E-state index contributed by atoms with van der Waals surface area (Å²) in [6, 6.07) is 12.5. The Morgan fingerprint density at radius 2 is 2.05 bits per heavy atom. The maximum Gasteiger partial charge on any atom is 0.372 e. The monoisotopic (exact) mass is 287 g/mol. The van der Waals surface area contributed by atoms with Crippen molar-refractivity contribution in [2.45, 2.75) is 39.3 Å². The number of benzene rings is 1. The Hall–Kier alpha value is -2.07. The summed E-state index contributed by atoms with van der Waals surface area (Å²) >= 11 is 0. The average molecular weight is 287 g/mol. The van der Waals surface area contributed by atoms with Gasteiger partial charge in [0.05, 0.1) is 6.54 Å². The summed E-state index contributed by atoms with van der Waals surface area (Å²) in [6.07, 6.45) is 2.04. The van der Waals surface area contributed by atoms with Gasteiger partial charge >= 0.3 is 5.97 Å². The molecule has 2 rings (SSSR count). The Balaban J connectivity index is 1.80. The number of hydrogen-bond donors (Lipinski definition) is 2. The number of carboxylic acid groups (broad SMARTS) is 1. The van der Waals surface area contributed by atoms with Crippen LogP contribution in [0.2, 0.25) is 0 Å². The van der Waals surface area contributed by atoms with Crippen LogP contribution in [-0.4, -0.2) is 17.1 Å². The van der Waals surface area contributed by atoms with Crippen molar-refractivity contribution in [1.29, 1.82) is 0 Å². The molecule has 112 valence electrons. The Morgan fingerprint density at radius 3 is 2.67 bits per heavy atom. The lowest BCUT2D eigenvalue weighted by molar-refractivity contribution is 0.0659. The molecule has 21 heavy (non-hydrogen) atoms. The standard InChI is InChI=1S/C17H21NO3/c1-12-10-15(21-16(12)17(19)20)11-18-13(2)8-9-14-6-4-3-5-7-14/h3-7,10,13,18H,8-9,11H2,1-2H3,(H,19,20). The third kappa shape index (κ3) is 4.46. The van der Waals surface area contributed by atoms with E-state index in [4.69, 9.17) is 9.52 Å². The number of carbonyl (C=O) groups is 1. The Bertz CT molecular complexity index is 589. The number of carboxylic acids is 1. The minimum absolute atomic E-state index is 0.0312.